The Morgan fingerprint density at radius 3 is 2.79 bits per heavy atom. The Kier molecular flexibility index (Phi) is 7.19. The van der Waals surface area contributed by atoms with E-state index >= 15 is 0 Å². The van der Waals surface area contributed by atoms with E-state index in [0.717, 1.165) is 30.3 Å². The van der Waals surface area contributed by atoms with Crippen molar-refractivity contribution in [3.8, 4) is 11.5 Å². The van der Waals surface area contributed by atoms with E-state index in [1.165, 1.54) is 17.0 Å². The minimum absolute atomic E-state index is 0.275. The number of thiophene rings is 1. The van der Waals surface area contributed by atoms with Crippen LogP contribution in [-0.4, -0.2) is 30.6 Å². The van der Waals surface area contributed by atoms with Gasteiger partial charge in [-0.3, -0.25) is 4.99 Å². The molecule has 7 heteroatoms. The first kappa shape index (κ1) is 20.1. The molecule has 0 bridgehead atoms. The molecule has 2 aromatic heterocycles. The molecule has 3 aromatic rings. The standard InChI is InChI=1S/C21H25FN4OS/c1-3-23-21(25-13-15(2)19-5-4-12-28-19)24-11-10-18-14-27-20(26-18)16-6-8-17(22)9-7-16/h4-9,12,14-15H,3,10-11,13H2,1-2H3,(H2,23,24,25). The first-order valence-corrected chi connectivity index (χ1v) is 10.3. The number of rotatable bonds is 8. The van der Waals surface area contributed by atoms with Crippen molar-refractivity contribution in [2.45, 2.75) is 26.2 Å². The fourth-order valence-electron chi connectivity index (χ4n) is 2.69. The molecule has 28 heavy (non-hydrogen) atoms. The molecule has 0 aliphatic heterocycles. The van der Waals surface area contributed by atoms with Gasteiger partial charge in [-0.1, -0.05) is 13.0 Å². The van der Waals surface area contributed by atoms with Crippen molar-refractivity contribution in [3.05, 3.63) is 64.4 Å². The largest absolute Gasteiger partial charge is 0.444 e. The maximum Gasteiger partial charge on any atom is 0.226 e. The van der Waals surface area contributed by atoms with E-state index in [2.05, 4.69) is 45.0 Å². The summed E-state index contributed by atoms with van der Waals surface area (Å²) in [6.07, 6.45) is 2.35. The highest BCUT2D eigenvalue weighted by atomic mass is 32.1. The number of guanidine groups is 1. The number of hydrogen-bond acceptors (Lipinski definition) is 4. The second-order valence-electron chi connectivity index (χ2n) is 6.46. The molecule has 0 saturated heterocycles. The average Bonchev–Trinajstić information content (AvgIpc) is 3.39. The predicted molar refractivity (Wildman–Crippen MR) is 112 cm³/mol. The van der Waals surface area contributed by atoms with Crippen LogP contribution in [0.25, 0.3) is 11.5 Å². The zero-order chi connectivity index (χ0) is 19.8. The van der Waals surface area contributed by atoms with Gasteiger partial charge in [0.05, 0.1) is 12.2 Å². The molecule has 1 atom stereocenters. The zero-order valence-corrected chi connectivity index (χ0v) is 16.9. The first-order valence-electron chi connectivity index (χ1n) is 9.41. The van der Waals surface area contributed by atoms with E-state index in [1.807, 2.05) is 6.92 Å². The second-order valence-corrected chi connectivity index (χ2v) is 7.44. The summed E-state index contributed by atoms with van der Waals surface area (Å²) in [4.78, 5) is 10.5. The van der Waals surface area contributed by atoms with Gasteiger partial charge in [-0.25, -0.2) is 9.37 Å². The number of benzene rings is 1. The smallest absolute Gasteiger partial charge is 0.226 e. The summed E-state index contributed by atoms with van der Waals surface area (Å²) in [7, 11) is 0. The second kappa shape index (κ2) is 10.0. The minimum Gasteiger partial charge on any atom is -0.444 e. The van der Waals surface area contributed by atoms with Crippen molar-refractivity contribution >= 4 is 17.3 Å². The molecule has 2 N–H and O–H groups in total. The molecule has 0 spiro atoms. The highest BCUT2D eigenvalue weighted by Crippen LogP contribution is 2.21. The molecule has 2 heterocycles. The Hall–Kier alpha value is -2.67. The molecule has 0 fully saturated rings. The van der Waals surface area contributed by atoms with Crippen LogP contribution in [0.15, 0.2) is 57.5 Å². The first-order chi connectivity index (χ1) is 13.7. The Morgan fingerprint density at radius 2 is 2.07 bits per heavy atom. The monoisotopic (exact) mass is 400 g/mol. The van der Waals surface area contributed by atoms with Crippen LogP contribution in [0.1, 0.15) is 30.3 Å². The quantitative estimate of drug-likeness (QED) is 0.433. The van der Waals surface area contributed by atoms with Gasteiger partial charge in [-0.15, -0.1) is 11.3 Å². The molecular formula is C21H25FN4OS. The molecule has 148 valence electrons. The van der Waals surface area contributed by atoms with E-state index in [9.17, 15) is 4.39 Å². The van der Waals surface area contributed by atoms with E-state index in [4.69, 9.17) is 4.42 Å². The summed E-state index contributed by atoms with van der Waals surface area (Å²) < 4.78 is 18.5. The third kappa shape index (κ3) is 5.66. The molecule has 0 saturated carbocycles. The van der Waals surface area contributed by atoms with Gasteiger partial charge >= 0.3 is 0 Å². The van der Waals surface area contributed by atoms with Crippen molar-refractivity contribution in [2.75, 3.05) is 19.6 Å². The molecule has 0 aliphatic rings. The molecule has 1 aromatic carbocycles. The van der Waals surface area contributed by atoms with Gasteiger partial charge < -0.3 is 15.1 Å². The van der Waals surface area contributed by atoms with Crippen molar-refractivity contribution in [1.29, 1.82) is 0 Å². The van der Waals surface area contributed by atoms with Gasteiger partial charge in [0.2, 0.25) is 5.89 Å². The molecule has 0 radical (unpaired) electrons. The van der Waals surface area contributed by atoms with Crippen LogP contribution in [0.5, 0.6) is 0 Å². The van der Waals surface area contributed by atoms with Gasteiger partial charge in [-0.2, -0.15) is 0 Å². The van der Waals surface area contributed by atoms with Crippen LogP contribution in [0.4, 0.5) is 4.39 Å². The Balaban J connectivity index is 1.51. The summed E-state index contributed by atoms with van der Waals surface area (Å²) >= 11 is 1.76. The predicted octanol–water partition coefficient (Wildman–Crippen LogP) is 4.44. The SMILES string of the molecule is CCNC(=NCC(C)c1cccs1)NCCc1coc(-c2ccc(F)cc2)n1. The molecule has 5 nitrogen and oxygen atoms in total. The number of aromatic nitrogens is 1. The molecule has 3 rings (SSSR count). The van der Waals surface area contributed by atoms with Crippen molar-refractivity contribution in [2.24, 2.45) is 4.99 Å². The number of oxazole rings is 1. The van der Waals surface area contributed by atoms with Gasteiger partial charge in [0.25, 0.3) is 0 Å². The topological polar surface area (TPSA) is 62.5 Å². The van der Waals surface area contributed by atoms with Gasteiger partial charge in [-0.05, 0) is 42.6 Å². The summed E-state index contributed by atoms with van der Waals surface area (Å²) in [5, 5.41) is 8.70. The Labute approximate surface area is 168 Å². The van der Waals surface area contributed by atoms with E-state index in [1.54, 1.807) is 29.7 Å². The van der Waals surface area contributed by atoms with Crippen LogP contribution in [0, 0.1) is 5.82 Å². The van der Waals surface area contributed by atoms with E-state index in [-0.39, 0.29) is 5.82 Å². The maximum atomic E-state index is 13.0. The number of nitrogens with one attached hydrogen (secondary N) is 2. The third-order valence-corrected chi connectivity index (χ3v) is 5.32. The minimum atomic E-state index is -0.275. The van der Waals surface area contributed by atoms with Crippen LogP contribution < -0.4 is 10.6 Å². The van der Waals surface area contributed by atoms with E-state index < -0.39 is 0 Å². The third-order valence-electron chi connectivity index (χ3n) is 4.21. The highest BCUT2D eigenvalue weighted by molar-refractivity contribution is 7.10. The van der Waals surface area contributed by atoms with Crippen molar-refractivity contribution in [1.82, 2.24) is 15.6 Å². The molecule has 0 aliphatic carbocycles. The molecular weight excluding hydrogens is 375 g/mol. The summed E-state index contributed by atoms with van der Waals surface area (Å²) in [6, 6.07) is 10.3. The summed E-state index contributed by atoms with van der Waals surface area (Å²) in [6.45, 7) is 6.46. The fraction of sp³-hybridized carbons (Fsp3) is 0.333. The van der Waals surface area contributed by atoms with Gasteiger partial charge in [0.15, 0.2) is 5.96 Å². The lowest BCUT2D eigenvalue weighted by atomic mass is 10.1. The van der Waals surface area contributed by atoms with Crippen LogP contribution >= 0.6 is 11.3 Å². The summed E-state index contributed by atoms with van der Waals surface area (Å²) in [5.74, 6) is 1.42. The molecule has 0 amide bonds. The van der Waals surface area contributed by atoms with Crippen molar-refractivity contribution in [3.63, 3.8) is 0 Å². The average molecular weight is 401 g/mol. The van der Waals surface area contributed by atoms with Gasteiger partial charge in [0.1, 0.15) is 12.1 Å². The van der Waals surface area contributed by atoms with Gasteiger partial charge in [0, 0.05) is 35.9 Å². The molecule has 1 unspecified atom stereocenters. The normalized spacial score (nSPS) is 12.8. The zero-order valence-electron chi connectivity index (χ0n) is 16.1. The number of nitrogens with zero attached hydrogens (tertiary/aromatic N) is 2. The summed E-state index contributed by atoms with van der Waals surface area (Å²) in [5.41, 5.74) is 1.60. The lowest BCUT2D eigenvalue weighted by Crippen LogP contribution is -2.38. The number of halogens is 1. The van der Waals surface area contributed by atoms with Crippen LogP contribution in [0.3, 0.4) is 0 Å². The van der Waals surface area contributed by atoms with Crippen LogP contribution in [0.2, 0.25) is 0 Å². The Bertz CT molecular complexity index is 874. The van der Waals surface area contributed by atoms with Crippen molar-refractivity contribution < 1.29 is 8.81 Å². The number of hydrogen-bond donors (Lipinski definition) is 2. The van der Waals surface area contributed by atoms with E-state index in [0.29, 0.717) is 24.8 Å². The Morgan fingerprint density at radius 1 is 1.25 bits per heavy atom. The lowest BCUT2D eigenvalue weighted by Gasteiger charge is -2.12. The van der Waals surface area contributed by atoms with Crippen LogP contribution in [-0.2, 0) is 6.42 Å². The lowest BCUT2D eigenvalue weighted by molar-refractivity contribution is 0.571. The number of aliphatic imine (C=N–C) groups is 1. The maximum absolute atomic E-state index is 13.0. The fourth-order valence-corrected chi connectivity index (χ4v) is 3.47. The highest BCUT2D eigenvalue weighted by Gasteiger charge is 2.08.